The number of hydrogen-bond acceptors (Lipinski definition) is 5. The molecule has 25 heavy (non-hydrogen) atoms. The molecule has 1 fully saturated rings. The van der Waals surface area contributed by atoms with Crippen LogP contribution in [0.25, 0.3) is 0 Å². The maximum atomic E-state index is 12.5. The molecule has 3 rings (SSSR count). The predicted molar refractivity (Wildman–Crippen MR) is 108 cm³/mol. The SMILES string of the molecule is Cc1nc(N2CCN(C)CC2)nc(C)c1NC(=O)c1cccc(I)c1. The van der Waals surface area contributed by atoms with Crippen molar-refractivity contribution in [1.29, 1.82) is 0 Å². The molecule has 7 heteroatoms. The number of aromatic nitrogens is 2. The molecule has 1 aliphatic heterocycles. The van der Waals surface area contributed by atoms with E-state index in [0.29, 0.717) is 11.3 Å². The van der Waals surface area contributed by atoms with Crippen LogP contribution in [-0.2, 0) is 0 Å². The molecule has 0 aliphatic carbocycles. The van der Waals surface area contributed by atoms with Crippen molar-refractivity contribution in [3.63, 3.8) is 0 Å². The van der Waals surface area contributed by atoms with Gasteiger partial charge in [0.25, 0.3) is 5.91 Å². The van der Waals surface area contributed by atoms with Crippen LogP contribution in [0.4, 0.5) is 11.6 Å². The van der Waals surface area contributed by atoms with E-state index in [1.54, 1.807) is 0 Å². The van der Waals surface area contributed by atoms with Crippen molar-refractivity contribution in [3.8, 4) is 0 Å². The summed E-state index contributed by atoms with van der Waals surface area (Å²) >= 11 is 2.20. The number of anilines is 2. The molecule has 0 radical (unpaired) electrons. The monoisotopic (exact) mass is 451 g/mol. The summed E-state index contributed by atoms with van der Waals surface area (Å²) in [5.74, 6) is 0.607. The molecule has 0 saturated carbocycles. The number of likely N-dealkylation sites (N-methyl/N-ethyl adjacent to an activating group) is 1. The number of hydrogen-bond donors (Lipinski definition) is 1. The fourth-order valence-electron chi connectivity index (χ4n) is 2.84. The molecule has 1 aromatic carbocycles. The van der Waals surface area contributed by atoms with E-state index in [9.17, 15) is 4.79 Å². The zero-order chi connectivity index (χ0) is 18.0. The van der Waals surface area contributed by atoms with E-state index in [1.165, 1.54) is 0 Å². The molecule has 0 atom stereocenters. The number of halogens is 1. The van der Waals surface area contributed by atoms with Gasteiger partial charge in [0.05, 0.1) is 17.1 Å². The number of piperazine rings is 1. The Kier molecular flexibility index (Phi) is 5.53. The Morgan fingerprint density at radius 3 is 2.36 bits per heavy atom. The maximum absolute atomic E-state index is 12.5. The number of rotatable bonds is 3. The van der Waals surface area contributed by atoms with Crippen molar-refractivity contribution in [3.05, 3.63) is 44.8 Å². The van der Waals surface area contributed by atoms with Crippen molar-refractivity contribution in [1.82, 2.24) is 14.9 Å². The van der Waals surface area contributed by atoms with E-state index >= 15 is 0 Å². The number of carbonyl (C=O) groups excluding carboxylic acids is 1. The van der Waals surface area contributed by atoms with Gasteiger partial charge in [0.2, 0.25) is 5.95 Å². The molecular weight excluding hydrogens is 429 g/mol. The highest BCUT2D eigenvalue weighted by Gasteiger charge is 2.19. The first-order valence-corrected chi connectivity index (χ1v) is 9.37. The molecule has 0 bridgehead atoms. The number of aryl methyl sites for hydroxylation is 2. The van der Waals surface area contributed by atoms with E-state index < -0.39 is 0 Å². The van der Waals surface area contributed by atoms with Gasteiger partial charge in [-0.1, -0.05) is 6.07 Å². The molecule has 0 unspecified atom stereocenters. The molecular formula is C18H22IN5O. The lowest BCUT2D eigenvalue weighted by atomic mass is 10.2. The first-order valence-electron chi connectivity index (χ1n) is 8.29. The largest absolute Gasteiger partial charge is 0.338 e. The summed E-state index contributed by atoms with van der Waals surface area (Å²) in [6.45, 7) is 7.68. The predicted octanol–water partition coefficient (Wildman–Crippen LogP) is 2.70. The van der Waals surface area contributed by atoms with E-state index in [1.807, 2.05) is 38.1 Å². The molecule has 1 aromatic heterocycles. The van der Waals surface area contributed by atoms with Gasteiger partial charge < -0.3 is 15.1 Å². The molecule has 1 amide bonds. The molecule has 0 spiro atoms. The zero-order valence-electron chi connectivity index (χ0n) is 14.7. The van der Waals surface area contributed by atoms with Gasteiger partial charge in [0.1, 0.15) is 0 Å². The minimum absolute atomic E-state index is 0.138. The third-order valence-electron chi connectivity index (χ3n) is 4.37. The van der Waals surface area contributed by atoms with Crippen molar-refractivity contribution in [2.75, 3.05) is 43.4 Å². The average Bonchev–Trinajstić information content (AvgIpc) is 2.58. The van der Waals surface area contributed by atoms with Crippen molar-refractivity contribution < 1.29 is 4.79 Å². The zero-order valence-corrected chi connectivity index (χ0v) is 16.9. The first-order chi connectivity index (χ1) is 11.9. The van der Waals surface area contributed by atoms with Crippen molar-refractivity contribution in [2.24, 2.45) is 0 Å². The fourth-order valence-corrected chi connectivity index (χ4v) is 3.39. The minimum Gasteiger partial charge on any atom is -0.338 e. The van der Waals surface area contributed by atoms with Gasteiger partial charge in [-0.05, 0) is 61.7 Å². The highest BCUT2D eigenvalue weighted by molar-refractivity contribution is 14.1. The van der Waals surface area contributed by atoms with Crippen LogP contribution in [0.15, 0.2) is 24.3 Å². The Hall–Kier alpha value is -1.74. The first kappa shape index (κ1) is 18.1. The highest BCUT2D eigenvalue weighted by Crippen LogP contribution is 2.22. The van der Waals surface area contributed by atoms with Gasteiger partial charge in [-0.15, -0.1) is 0 Å². The number of carbonyl (C=O) groups is 1. The molecule has 1 saturated heterocycles. The van der Waals surface area contributed by atoms with Gasteiger partial charge in [-0.25, -0.2) is 9.97 Å². The third kappa shape index (κ3) is 4.27. The number of amides is 1. The van der Waals surface area contributed by atoms with Crippen LogP contribution in [0.2, 0.25) is 0 Å². The standard InChI is InChI=1S/C18H22IN5O/c1-12-16(22-17(25)14-5-4-6-15(19)11-14)13(2)21-18(20-12)24-9-7-23(3)8-10-24/h4-6,11H,7-10H2,1-3H3,(H,22,25). The van der Waals surface area contributed by atoms with Crippen LogP contribution in [0.5, 0.6) is 0 Å². The Morgan fingerprint density at radius 1 is 1.12 bits per heavy atom. The molecule has 132 valence electrons. The van der Waals surface area contributed by atoms with Crippen LogP contribution in [0, 0.1) is 17.4 Å². The number of nitrogens with one attached hydrogen (secondary N) is 1. The topological polar surface area (TPSA) is 61.4 Å². The molecule has 2 heterocycles. The summed E-state index contributed by atoms with van der Waals surface area (Å²) in [6, 6.07) is 7.51. The molecule has 1 aliphatic rings. The third-order valence-corrected chi connectivity index (χ3v) is 5.04. The van der Waals surface area contributed by atoms with Crippen LogP contribution in [0.1, 0.15) is 21.7 Å². The Bertz CT molecular complexity index is 764. The van der Waals surface area contributed by atoms with Crippen LogP contribution >= 0.6 is 22.6 Å². The van der Waals surface area contributed by atoms with E-state index in [0.717, 1.165) is 47.1 Å². The van der Waals surface area contributed by atoms with E-state index in [4.69, 9.17) is 0 Å². The second kappa shape index (κ2) is 7.65. The van der Waals surface area contributed by atoms with Gasteiger partial charge in [-0.3, -0.25) is 4.79 Å². The maximum Gasteiger partial charge on any atom is 0.255 e. The summed E-state index contributed by atoms with van der Waals surface area (Å²) in [7, 11) is 2.12. The average molecular weight is 451 g/mol. The van der Waals surface area contributed by atoms with E-state index in [2.05, 4.69) is 54.7 Å². The summed E-state index contributed by atoms with van der Waals surface area (Å²) in [6.07, 6.45) is 0. The Morgan fingerprint density at radius 2 is 1.76 bits per heavy atom. The second-order valence-corrected chi connectivity index (χ2v) is 7.57. The lowest BCUT2D eigenvalue weighted by Gasteiger charge is -2.32. The Labute approximate surface area is 161 Å². The quantitative estimate of drug-likeness (QED) is 0.728. The van der Waals surface area contributed by atoms with Gasteiger partial charge in [0, 0.05) is 35.3 Å². The molecule has 1 N–H and O–H groups in total. The summed E-state index contributed by atoms with van der Waals surface area (Å²) in [4.78, 5) is 26.3. The lowest BCUT2D eigenvalue weighted by molar-refractivity contribution is 0.102. The van der Waals surface area contributed by atoms with Crippen LogP contribution in [0.3, 0.4) is 0 Å². The summed E-state index contributed by atoms with van der Waals surface area (Å²) < 4.78 is 1.03. The summed E-state index contributed by atoms with van der Waals surface area (Å²) in [5, 5.41) is 2.97. The van der Waals surface area contributed by atoms with Crippen LogP contribution < -0.4 is 10.2 Å². The van der Waals surface area contributed by atoms with E-state index in [-0.39, 0.29) is 5.91 Å². The number of nitrogens with zero attached hydrogens (tertiary/aromatic N) is 4. The van der Waals surface area contributed by atoms with Gasteiger partial charge in [-0.2, -0.15) is 0 Å². The van der Waals surface area contributed by atoms with Gasteiger partial charge in [0.15, 0.2) is 0 Å². The molecule has 6 nitrogen and oxygen atoms in total. The van der Waals surface area contributed by atoms with Crippen LogP contribution in [-0.4, -0.2) is 54.0 Å². The minimum atomic E-state index is -0.138. The van der Waals surface area contributed by atoms with Crippen molar-refractivity contribution in [2.45, 2.75) is 13.8 Å². The number of benzene rings is 1. The Balaban J connectivity index is 1.79. The summed E-state index contributed by atoms with van der Waals surface area (Å²) in [5.41, 5.74) is 2.91. The second-order valence-electron chi connectivity index (χ2n) is 6.32. The molecule has 2 aromatic rings. The normalized spacial score (nSPS) is 15.3. The van der Waals surface area contributed by atoms with Crippen molar-refractivity contribution >= 4 is 40.1 Å². The smallest absolute Gasteiger partial charge is 0.255 e. The van der Waals surface area contributed by atoms with Gasteiger partial charge >= 0.3 is 0 Å². The highest BCUT2D eigenvalue weighted by atomic mass is 127. The fraction of sp³-hybridized carbons (Fsp3) is 0.389. The lowest BCUT2D eigenvalue weighted by Crippen LogP contribution is -2.45.